The fourth-order valence-electron chi connectivity index (χ4n) is 6.84. The predicted molar refractivity (Wildman–Crippen MR) is 223 cm³/mol. The van der Waals surface area contributed by atoms with Crippen molar-refractivity contribution in [2.45, 2.75) is 251 Å². The van der Waals surface area contributed by atoms with E-state index in [0.29, 0.717) is 25.7 Å². The molecule has 0 rings (SSSR count). The molecule has 6 nitrogen and oxygen atoms in total. The van der Waals surface area contributed by atoms with Gasteiger partial charge in [-0.3, -0.25) is 9.59 Å². The molecule has 0 fully saturated rings. The van der Waals surface area contributed by atoms with Gasteiger partial charge in [-0.25, -0.2) is 0 Å². The third-order valence-corrected chi connectivity index (χ3v) is 10.3. The molecule has 6 heteroatoms. The van der Waals surface area contributed by atoms with E-state index in [0.717, 1.165) is 51.4 Å². The van der Waals surface area contributed by atoms with E-state index in [9.17, 15) is 19.8 Å². The van der Waals surface area contributed by atoms with Crippen molar-refractivity contribution in [3.05, 3.63) is 24.3 Å². The number of carbonyl (C=O) groups is 2. The van der Waals surface area contributed by atoms with Crippen LogP contribution in [0.3, 0.4) is 0 Å². The zero-order valence-electron chi connectivity index (χ0n) is 34.7. The molecule has 0 aromatic heterocycles. The van der Waals surface area contributed by atoms with Gasteiger partial charge in [-0.1, -0.05) is 199 Å². The molecule has 0 aromatic rings. The molecule has 0 radical (unpaired) electrons. The van der Waals surface area contributed by atoms with E-state index >= 15 is 0 Å². The molecular weight excluding hydrogens is 647 g/mol. The molecule has 0 aliphatic rings. The third-order valence-electron chi connectivity index (χ3n) is 10.3. The van der Waals surface area contributed by atoms with Gasteiger partial charge < -0.3 is 20.3 Å². The number of esters is 1. The van der Waals surface area contributed by atoms with Crippen LogP contribution in [-0.4, -0.2) is 46.9 Å². The van der Waals surface area contributed by atoms with Crippen molar-refractivity contribution >= 4 is 11.9 Å². The zero-order valence-corrected chi connectivity index (χ0v) is 34.7. The van der Waals surface area contributed by atoms with Crippen LogP contribution in [0, 0.1) is 0 Å². The van der Waals surface area contributed by atoms with Crippen molar-refractivity contribution in [2.24, 2.45) is 0 Å². The van der Waals surface area contributed by atoms with Gasteiger partial charge in [-0.05, 0) is 44.9 Å². The Labute approximate surface area is 322 Å². The molecule has 3 unspecified atom stereocenters. The summed E-state index contributed by atoms with van der Waals surface area (Å²) in [5, 5.41) is 23.6. The molecule has 0 saturated carbocycles. The summed E-state index contributed by atoms with van der Waals surface area (Å²) >= 11 is 0. The largest absolute Gasteiger partial charge is 0.462 e. The Morgan fingerprint density at radius 2 is 0.981 bits per heavy atom. The van der Waals surface area contributed by atoms with Crippen LogP contribution >= 0.6 is 0 Å². The maximum atomic E-state index is 13.1. The lowest BCUT2D eigenvalue weighted by Crippen LogP contribution is -2.46. The van der Waals surface area contributed by atoms with Crippen molar-refractivity contribution in [1.82, 2.24) is 5.32 Å². The third kappa shape index (κ3) is 35.4. The van der Waals surface area contributed by atoms with E-state index < -0.39 is 18.2 Å². The second-order valence-corrected chi connectivity index (χ2v) is 15.5. The normalized spacial score (nSPS) is 13.6. The molecule has 3 atom stereocenters. The van der Waals surface area contributed by atoms with Crippen LogP contribution in [0.2, 0.25) is 0 Å². The summed E-state index contributed by atoms with van der Waals surface area (Å²) < 4.78 is 5.84. The highest BCUT2D eigenvalue weighted by molar-refractivity contribution is 5.77. The molecule has 0 heterocycles. The number of hydrogen-bond acceptors (Lipinski definition) is 5. The number of ether oxygens (including phenoxy) is 1. The van der Waals surface area contributed by atoms with Crippen LogP contribution < -0.4 is 5.32 Å². The number of carbonyl (C=O) groups excluding carboxylic acids is 2. The molecule has 0 aromatic carbocycles. The van der Waals surface area contributed by atoms with Crippen molar-refractivity contribution in [1.29, 1.82) is 0 Å². The maximum Gasteiger partial charge on any atom is 0.306 e. The Morgan fingerprint density at radius 1 is 0.558 bits per heavy atom. The summed E-state index contributed by atoms with van der Waals surface area (Å²) in [4.78, 5) is 25.8. The molecule has 52 heavy (non-hydrogen) atoms. The lowest BCUT2D eigenvalue weighted by Gasteiger charge is -2.24. The number of aliphatic hydroxyl groups excluding tert-OH is 2. The first-order valence-electron chi connectivity index (χ1n) is 22.6. The van der Waals surface area contributed by atoms with Crippen LogP contribution in [-0.2, 0) is 14.3 Å². The summed E-state index contributed by atoms with van der Waals surface area (Å²) in [7, 11) is 0. The van der Waals surface area contributed by atoms with E-state index in [-0.39, 0.29) is 24.9 Å². The minimum absolute atomic E-state index is 0.0588. The molecule has 0 aliphatic carbocycles. The van der Waals surface area contributed by atoms with Gasteiger partial charge >= 0.3 is 5.97 Å². The van der Waals surface area contributed by atoms with Gasteiger partial charge in [0.2, 0.25) is 5.91 Å². The van der Waals surface area contributed by atoms with Gasteiger partial charge in [0.25, 0.3) is 0 Å². The lowest BCUT2D eigenvalue weighted by molar-refractivity contribution is -0.150. The summed E-state index contributed by atoms with van der Waals surface area (Å²) in [6, 6.07) is -0.704. The van der Waals surface area contributed by atoms with Crippen molar-refractivity contribution in [3.8, 4) is 0 Å². The SMILES string of the molecule is CCCCCCCC/C=C\C/C=C/CCC(=O)OC(CCCCCCCCCC)CC(=O)NC(CO)C(O)CCCCCCCCCCCCCC. The molecule has 0 bridgehead atoms. The highest BCUT2D eigenvalue weighted by atomic mass is 16.5. The Hall–Kier alpha value is -1.66. The molecule has 1 amide bonds. The minimum Gasteiger partial charge on any atom is -0.462 e. The highest BCUT2D eigenvalue weighted by Crippen LogP contribution is 2.17. The minimum atomic E-state index is -0.789. The van der Waals surface area contributed by atoms with E-state index in [1.807, 2.05) is 6.08 Å². The summed E-state index contributed by atoms with van der Waals surface area (Å²) in [6.45, 7) is 6.42. The number of amides is 1. The smallest absolute Gasteiger partial charge is 0.306 e. The monoisotopic (exact) mass is 734 g/mol. The molecule has 0 spiro atoms. The summed E-state index contributed by atoms with van der Waals surface area (Å²) in [5.41, 5.74) is 0. The number of unbranched alkanes of at least 4 members (excludes halogenated alkanes) is 24. The predicted octanol–water partition coefficient (Wildman–Crippen LogP) is 12.8. The quantitative estimate of drug-likeness (QED) is 0.0331. The second-order valence-electron chi connectivity index (χ2n) is 15.5. The maximum absolute atomic E-state index is 13.1. The van der Waals surface area contributed by atoms with Gasteiger partial charge in [0.15, 0.2) is 0 Å². The zero-order chi connectivity index (χ0) is 38.2. The average Bonchev–Trinajstić information content (AvgIpc) is 3.13. The molecule has 0 saturated heterocycles. The van der Waals surface area contributed by atoms with Gasteiger partial charge in [-0.15, -0.1) is 0 Å². The standard InChI is InChI=1S/C46H87NO5/c1-4-7-10-13-16-19-21-23-25-27-30-33-36-39-46(51)52-42(37-34-31-28-18-15-12-9-6-3)40-45(50)47-43(41-48)44(49)38-35-32-29-26-24-22-20-17-14-11-8-5-2/h23,25,30,33,42-44,48-49H,4-22,24,26-29,31-32,34-41H2,1-3H3,(H,47,50)/b25-23-,33-30+. The van der Waals surface area contributed by atoms with Crippen molar-refractivity contribution < 1.29 is 24.5 Å². The van der Waals surface area contributed by atoms with E-state index in [2.05, 4.69) is 44.3 Å². The van der Waals surface area contributed by atoms with Crippen LogP contribution in [0.1, 0.15) is 233 Å². The number of hydrogen-bond donors (Lipinski definition) is 3. The number of rotatable bonds is 40. The first-order valence-corrected chi connectivity index (χ1v) is 22.6. The first kappa shape index (κ1) is 50.3. The Balaban J connectivity index is 4.56. The fraction of sp³-hybridized carbons (Fsp3) is 0.870. The van der Waals surface area contributed by atoms with Crippen LogP contribution in [0.25, 0.3) is 0 Å². The Kier molecular flexibility index (Phi) is 39.2. The highest BCUT2D eigenvalue weighted by Gasteiger charge is 2.24. The summed E-state index contributed by atoms with van der Waals surface area (Å²) in [6.07, 6.45) is 43.9. The second kappa shape index (κ2) is 40.5. The van der Waals surface area contributed by atoms with Crippen molar-refractivity contribution in [3.63, 3.8) is 0 Å². The van der Waals surface area contributed by atoms with Crippen molar-refractivity contribution in [2.75, 3.05) is 6.61 Å². The van der Waals surface area contributed by atoms with Crippen LogP contribution in [0.4, 0.5) is 0 Å². The fourth-order valence-corrected chi connectivity index (χ4v) is 6.84. The van der Waals surface area contributed by atoms with Gasteiger partial charge in [-0.2, -0.15) is 0 Å². The van der Waals surface area contributed by atoms with Crippen LogP contribution in [0.5, 0.6) is 0 Å². The Bertz CT molecular complexity index is 828. The lowest BCUT2D eigenvalue weighted by atomic mass is 10.0. The van der Waals surface area contributed by atoms with E-state index in [1.165, 1.54) is 128 Å². The van der Waals surface area contributed by atoms with Gasteiger partial charge in [0.1, 0.15) is 6.10 Å². The summed E-state index contributed by atoms with van der Waals surface area (Å²) in [5.74, 6) is -0.552. The topological polar surface area (TPSA) is 95.9 Å². The van der Waals surface area contributed by atoms with Crippen LogP contribution in [0.15, 0.2) is 24.3 Å². The van der Waals surface area contributed by atoms with Gasteiger partial charge in [0.05, 0.1) is 25.2 Å². The molecular formula is C46H87NO5. The Morgan fingerprint density at radius 3 is 1.46 bits per heavy atom. The number of aliphatic hydroxyl groups is 2. The van der Waals surface area contributed by atoms with E-state index in [1.54, 1.807) is 0 Å². The molecule has 3 N–H and O–H groups in total. The molecule has 306 valence electrons. The number of nitrogens with one attached hydrogen (secondary N) is 1. The first-order chi connectivity index (χ1) is 25.5. The average molecular weight is 734 g/mol. The van der Waals surface area contributed by atoms with E-state index in [4.69, 9.17) is 4.74 Å². The number of allylic oxidation sites excluding steroid dienone is 4. The van der Waals surface area contributed by atoms with Gasteiger partial charge in [0, 0.05) is 6.42 Å². The molecule has 0 aliphatic heterocycles.